The van der Waals surface area contributed by atoms with Crippen LogP contribution < -0.4 is 10.5 Å². The number of piperidine rings is 1. The molecule has 0 spiro atoms. The summed E-state index contributed by atoms with van der Waals surface area (Å²) in [6.07, 6.45) is 8.66. The van der Waals surface area contributed by atoms with Gasteiger partial charge >= 0.3 is 0 Å². The fraction of sp³-hybridized carbons (Fsp3) is 0.304. The third-order valence-corrected chi connectivity index (χ3v) is 5.66. The Morgan fingerprint density at radius 2 is 2.03 bits per heavy atom. The number of rotatable bonds is 5. The number of fused-ring (bicyclic) bond motifs is 1. The summed E-state index contributed by atoms with van der Waals surface area (Å²) >= 11 is 0. The molecule has 1 fully saturated rings. The summed E-state index contributed by atoms with van der Waals surface area (Å²) in [4.78, 5) is 14.5. The highest BCUT2D eigenvalue weighted by Gasteiger charge is 2.18. The number of nitrogens with zero attached hydrogens (tertiary/aromatic N) is 3. The van der Waals surface area contributed by atoms with Crippen molar-refractivity contribution in [2.75, 3.05) is 27.2 Å². The second-order valence-electron chi connectivity index (χ2n) is 7.73. The Bertz CT molecular complexity index is 1150. The lowest BCUT2D eigenvalue weighted by molar-refractivity contribution is 0.257. The second-order valence-corrected chi connectivity index (χ2v) is 7.73. The maximum atomic E-state index is 14.2. The fourth-order valence-electron chi connectivity index (χ4n) is 3.90. The molecule has 3 aromatic rings. The molecule has 0 unspecified atom stereocenters. The molecule has 4 rings (SSSR count). The van der Waals surface area contributed by atoms with Crippen molar-refractivity contribution in [3.8, 4) is 16.9 Å². The van der Waals surface area contributed by atoms with Crippen LogP contribution in [0.15, 0.2) is 41.8 Å². The lowest BCUT2D eigenvalue weighted by atomic mass is 10.0. The Balaban J connectivity index is 1.70. The summed E-state index contributed by atoms with van der Waals surface area (Å²) in [5, 5.41) is 0.702. The number of benzene rings is 1. The van der Waals surface area contributed by atoms with Gasteiger partial charge in [0.2, 0.25) is 0 Å². The van der Waals surface area contributed by atoms with Crippen molar-refractivity contribution >= 4 is 22.8 Å². The molecular weight excluding hydrogens is 400 g/mol. The van der Waals surface area contributed by atoms with Crippen LogP contribution in [0.25, 0.3) is 27.7 Å². The standard InChI is InChI=1S/C23H25F2N5O/c1-30-5-3-17(4-6-30)27-12-15(10-26)14-7-19-20(13-29-23(19)28-11-14)18-8-16(24)9-21(25)22(18)31-2/h7-13,17H,3-6,26H2,1-2H3,(H,28,29). The molecule has 0 radical (unpaired) electrons. The number of H-pyrrole nitrogens is 1. The summed E-state index contributed by atoms with van der Waals surface area (Å²) in [6.45, 7) is 2.05. The molecular formula is C23H25F2N5O. The number of aromatic amines is 1. The average molecular weight is 425 g/mol. The van der Waals surface area contributed by atoms with Gasteiger partial charge in [-0.2, -0.15) is 0 Å². The Hall–Kier alpha value is -3.26. The summed E-state index contributed by atoms with van der Waals surface area (Å²) in [7, 11) is 3.47. The maximum absolute atomic E-state index is 14.2. The second kappa shape index (κ2) is 8.85. The highest BCUT2D eigenvalue weighted by Crippen LogP contribution is 2.37. The number of ether oxygens (including phenoxy) is 1. The van der Waals surface area contributed by atoms with Gasteiger partial charge < -0.3 is 20.4 Å². The van der Waals surface area contributed by atoms with Crippen LogP contribution in [0.5, 0.6) is 5.75 Å². The van der Waals surface area contributed by atoms with Crippen molar-refractivity contribution in [3.63, 3.8) is 0 Å². The van der Waals surface area contributed by atoms with Gasteiger partial charge in [0.25, 0.3) is 0 Å². The van der Waals surface area contributed by atoms with Crippen LogP contribution in [0.2, 0.25) is 0 Å². The number of nitrogens with one attached hydrogen (secondary N) is 1. The van der Waals surface area contributed by atoms with E-state index in [2.05, 4.69) is 21.9 Å². The molecule has 0 saturated carbocycles. The van der Waals surface area contributed by atoms with Gasteiger partial charge in [-0.15, -0.1) is 0 Å². The third kappa shape index (κ3) is 4.29. The first-order chi connectivity index (χ1) is 15.0. The van der Waals surface area contributed by atoms with E-state index in [1.54, 1.807) is 18.6 Å². The Morgan fingerprint density at radius 1 is 1.26 bits per heavy atom. The number of hydrogen-bond acceptors (Lipinski definition) is 5. The van der Waals surface area contributed by atoms with E-state index in [9.17, 15) is 8.78 Å². The van der Waals surface area contributed by atoms with Gasteiger partial charge in [0.15, 0.2) is 11.6 Å². The van der Waals surface area contributed by atoms with E-state index in [0.717, 1.165) is 43.1 Å². The minimum atomic E-state index is -0.760. The van der Waals surface area contributed by atoms with Gasteiger partial charge in [-0.25, -0.2) is 13.8 Å². The van der Waals surface area contributed by atoms with Gasteiger partial charge in [0, 0.05) is 58.5 Å². The van der Waals surface area contributed by atoms with Crippen LogP contribution in [0, 0.1) is 11.6 Å². The van der Waals surface area contributed by atoms with Crippen LogP contribution in [-0.2, 0) is 0 Å². The van der Waals surface area contributed by atoms with E-state index in [1.807, 2.05) is 6.07 Å². The summed E-state index contributed by atoms with van der Waals surface area (Å²) in [5.41, 5.74) is 8.87. The molecule has 1 saturated heterocycles. The van der Waals surface area contributed by atoms with Gasteiger partial charge in [0.1, 0.15) is 11.5 Å². The summed E-state index contributed by atoms with van der Waals surface area (Å²) < 4.78 is 33.3. The smallest absolute Gasteiger partial charge is 0.168 e. The van der Waals surface area contributed by atoms with Crippen LogP contribution in [0.3, 0.4) is 0 Å². The number of likely N-dealkylation sites (tertiary alicyclic amines) is 1. The average Bonchev–Trinajstić information content (AvgIpc) is 3.18. The van der Waals surface area contributed by atoms with Crippen LogP contribution in [-0.4, -0.2) is 54.4 Å². The zero-order valence-electron chi connectivity index (χ0n) is 17.5. The molecule has 0 amide bonds. The van der Waals surface area contributed by atoms with Crippen LogP contribution >= 0.6 is 0 Å². The van der Waals surface area contributed by atoms with E-state index < -0.39 is 11.6 Å². The quantitative estimate of drug-likeness (QED) is 0.606. The van der Waals surface area contributed by atoms with E-state index in [4.69, 9.17) is 15.5 Å². The predicted molar refractivity (Wildman–Crippen MR) is 119 cm³/mol. The topological polar surface area (TPSA) is 79.5 Å². The van der Waals surface area contributed by atoms with Gasteiger partial charge in [-0.3, -0.25) is 4.99 Å². The highest BCUT2D eigenvalue weighted by molar-refractivity contribution is 6.11. The van der Waals surface area contributed by atoms with Crippen molar-refractivity contribution in [1.29, 1.82) is 0 Å². The number of hydrogen-bond donors (Lipinski definition) is 2. The minimum Gasteiger partial charge on any atom is -0.493 e. The first-order valence-electron chi connectivity index (χ1n) is 10.1. The Morgan fingerprint density at radius 3 is 2.74 bits per heavy atom. The highest BCUT2D eigenvalue weighted by atomic mass is 19.1. The van der Waals surface area contributed by atoms with E-state index >= 15 is 0 Å². The SMILES string of the molecule is COc1c(F)cc(F)cc1-c1c[nH]c2ncc(C(C=NC3CCN(C)CC3)=CN)cc12. The van der Waals surface area contributed by atoms with Crippen molar-refractivity contribution in [2.24, 2.45) is 10.7 Å². The third-order valence-electron chi connectivity index (χ3n) is 5.66. The molecule has 8 heteroatoms. The zero-order valence-corrected chi connectivity index (χ0v) is 17.5. The first-order valence-corrected chi connectivity index (χ1v) is 10.1. The zero-order chi connectivity index (χ0) is 22.0. The van der Waals surface area contributed by atoms with E-state index in [1.165, 1.54) is 19.4 Å². The normalized spacial score (nSPS) is 16.5. The Labute approximate surface area is 179 Å². The lowest BCUT2D eigenvalue weighted by Gasteiger charge is -2.26. The number of halogens is 2. The van der Waals surface area contributed by atoms with Crippen molar-refractivity contribution in [3.05, 3.63) is 54.0 Å². The Kier molecular flexibility index (Phi) is 5.99. The fourth-order valence-corrected chi connectivity index (χ4v) is 3.90. The number of aromatic nitrogens is 2. The van der Waals surface area contributed by atoms with E-state index in [-0.39, 0.29) is 11.8 Å². The molecule has 2 aromatic heterocycles. The number of pyridine rings is 1. The molecule has 0 atom stereocenters. The van der Waals surface area contributed by atoms with Crippen LogP contribution in [0.4, 0.5) is 8.78 Å². The molecule has 0 aliphatic carbocycles. The lowest BCUT2D eigenvalue weighted by Crippen LogP contribution is -2.32. The van der Waals surface area contributed by atoms with Crippen LogP contribution in [0.1, 0.15) is 18.4 Å². The molecule has 1 aliphatic heterocycles. The summed E-state index contributed by atoms with van der Waals surface area (Å²) in [5.74, 6) is -1.46. The molecule has 31 heavy (non-hydrogen) atoms. The molecule has 3 heterocycles. The van der Waals surface area contributed by atoms with Gasteiger partial charge in [-0.05, 0) is 45.1 Å². The first kappa shape index (κ1) is 21.0. The van der Waals surface area contributed by atoms with Crippen molar-refractivity contribution in [1.82, 2.24) is 14.9 Å². The minimum absolute atomic E-state index is 0.0221. The monoisotopic (exact) mass is 425 g/mol. The number of aliphatic imine (C=N–C) groups is 1. The van der Waals surface area contributed by atoms with E-state index in [0.29, 0.717) is 22.2 Å². The molecule has 0 bridgehead atoms. The number of methoxy groups -OCH3 is 1. The van der Waals surface area contributed by atoms with Crippen molar-refractivity contribution < 1.29 is 13.5 Å². The largest absolute Gasteiger partial charge is 0.493 e. The molecule has 1 aromatic carbocycles. The van der Waals surface area contributed by atoms with Gasteiger partial charge in [-0.1, -0.05) is 0 Å². The number of allylic oxidation sites excluding steroid dienone is 1. The molecule has 6 nitrogen and oxygen atoms in total. The predicted octanol–water partition coefficient (Wildman–Crippen LogP) is 3.98. The number of nitrogens with two attached hydrogens (primary N) is 1. The molecule has 162 valence electrons. The van der Waals surface area contributed by atoms with Crippen molar-refractivity contribution in [2.45, 2.75) is 18.9 Å². The molecule has 1 aliphatic rings. The molecule has 3 N–H and O–H groups in total. The van der Waals surface area contributed by atoms with Gasteiger partial charge in [0.05, 0.1) is 13.2 Å². The summed E-state index contributed by atoms with van der Waals surface area (Å²) in [6, 6.07) is 4.20. The maximum Gasteiger partial charge on any atom is 0.168 e.